The second kappa shape index (κ2) is 9.07. The van der Waals surface area contributed by atoms with Crippen molar-refractivity contribution in [2.24, 2.45) is 5.73 Å². The Morgan fingerprint density at radius 1 is 1.18 bits per heavy atom. The Kier molecular flexibility index (Phi) is 6.96. The summed E-state index contributed by atoms with van der Waals surface area (Å²) in [6.45, 7) is 11.7. The fraction of sp³-hybridized carbons (Fsp3) is 0.800. The van der Waals surface area contributed by atoms with Gasteiger partial charge in [0.25, 0.3) is 0 Å². The molecule has 0 saturated carbocycles. The fourth-order valence-corrected chi connectivity index (χ4v) is 3.83. The molecular formula is C20H35BN4O3. The standard InChI is InChI=1S/C20H35BN4O3/c1-19(2)20(3,4)28-21(27-19)16-14-23-18(24-15-16)26-13-7-9-17-8-5-6-11-25(17)12-10-22/h14-15,17H,5-13,22H2,1-4H3/t17-/m0/s1. The molecular weight excluding hydrogens is 355 g/mol. The molecule has 0 spiro atoms. The summed E-state index contributed by atoms with van der Waals surface area (Å²) in [5.74, 6) is 0. The number of aromatic nitrogens is 2. The van der Waals surface area contributed by atoms with E-state index in [4.69, 9.17) is 19.8 Å². The molecule has 0 unspecified atom stereocenters. The van der Waals surface area contributed by atoms with Crippen LogP contribution in [-0.2, 0) is 9.31 Å². The summed E-state index contributed by atoms with van der Waals surface area (Å²) < 4.78 is 17.8. The van der Waals surface area contributed by atoms with Crippen LogP contribution in [0.2, 0.25) is 0 Å². The predicted octanol–water partition coefficient (Wildman–Crippen LogP) is 1.75. The maximum atomic E-state index is 6.03. The number of hydrogen-bond acceptors (Lipinski definition) is 7. The predicted molar refractivity (Wildman–Crippen MR) is 111 cm³/mol. The number of likely N-dealkylation sites (tertiary alicyclic amines) is 1. The molecule has 2 aliphatic rings. The largest absolute Gasteiger partial charge is 0.498 e. The summed E-state index contributed by atoms with van der Waals surface area (Å²) in [6, 6.07) is 1.04. The van der Waals surface area contributed by atoms with Crippen LogP contribution in [0.3, 0.4) is 0 Å². The molecule has 0 amide bonds. The number of nitrogens with zero attached hydrogens (tertiary/aromatic N) is 3. The van der Waals surface area contributed by atoms with Crippen molar-refractivity contribution in [3.63, 3.8) is 0 Å². The van der Waals surface area contributed by atoms with Gasteiger partial charge in [-0.15, -0.1) is 0 Å². The van der Waals surface area contributed by atoms with Crippen LogP contribution in [0.1, 0.15) is 59.8 Å². The van der Waals surface area contributed by atoms with E-state index in [1.165, 1.54) is 25.8 Å². The topological polar surface area (TPSA) is 82.7 Å². The van der Waals surface area contributed by atoms with Gasteiger partial charge in [0.05, 0.1) is 17.8 Å². The molecule has 2 aliphatic heterocycles. The number of piperidine rings is 1. The van der Waals surface area contributed by atoms with Crippen molar-refractivity contribution in [2.75, 3.05) is 26.2 Å². The van der Waals surface area contributed by atoms with E-state index in [9.17, 15) is 0 Å². The van der Waals surface area contributed by atoms with Crippen LogP contribution in [0.15, 0.2) is 12.4 Å². The summed E-state index contributed by atoms with van der Waals surface area (Å²) in [4.78, 5) is 11.2. The molecule has 8 heteroatoms. The monoisotopic (exact) mass is 390 g/mol. The summed E-state index contributed by atoms with van der Waals surface area (Å²) >= 11 is 0. The van der Waals surface area contributed by atoms with Gasteiger partial charge in [0.2, 0.25) is 0 Å². The summed E-state index contributed by atoms with van der Waals surface area (Å²) in [6.07, 6.45) is 9.45. The van der Waals surface area contributed by atoms with Crippen molar-refractivity contribution in [1.29, 1.82) is 0 Å². The van der Waals surface area contributed by atoms with E-state index in [1.54, 1.807) is 12.4 Å². The van der Waals surface area contributed by atoms with Gasteiger partial charge in [-0.1, -0.05) is 6.42 Å². The van der Waals surface area contributed by atoms with Gasteiger partial charge >= 0.3 is 13.1 Å². The lowest BCUT2D eigenvalue weighted by Gasteiger charge is -2.35. The number of rotatable bonds is 8. The van der Waals surface area contributed by atoms with Crippen molar-refractivity contribution >= 4 is 12.6 Å². The normalized spacial score (nSPS) is 24.5. The van der Waals surface area contributed by atoms with Gasteiger partial charge in [-0.3, -0.25) is 4.90 Å². The summed E-state index contributed by atoms with van der Waals surface area (Å²) in [5, 5.41) is 0. The van der Waals surface area contributed by atoms with E-state index in [0.717, 1.165) is 31.4 Å². The van der Waals surface area contributed by atoms with E-state index >= 15 is 0 Å². The first-order valence-corrected chi connectivity index (χ1v) is 10.6. The van der Waals surface area contributed by atoms with Crippen molar-refractivity contribution in [1.82, 2.24) is 14.9 Å². The molecule has 0 aromatic carbocycles. The molecule has 7 nitrogen and oxygen atoms in total. The highest BCUT2D eigenvalue weighted by Crippen LogP contribution is 2.36. The zero-order valence-corrected chi connectivity index (χ0v) is 17.8. The van der Waals surface area contributed by atoms with Gasteiger partial charge < -0.3 is 19.8 Å². The minimum atomic E-state index is -0.445. The molecule has 1 aromatic rings. The number of ether oxygens (including phenoxy) is 1. The fourth-order valence-electron chi connectivity index (χ4n) is 3.83. The first-order valence-electron chi connectivity index (χ1n) is 10.6. The molecule has 2 N–H and O–H groups in total. The molecule has 3 heterocycles. The molecule has 0 radical (unpaired) electrons. The van der Waals surface area contributed by atoms with Crippen molar-refractivity contribution in [3.05, 3.63) is 12.4 Å². The van der Waals surface area contributed by atoms with Gasteiger partial charge in [-0.2, -0.15) is 0 Å². The SMILES string of the molecule is CC1(C)OB(c2cnc(OCCC[C@@H]3CCCCN3CCN)nc2)OC1(C)C. The average Bonchev–Trinajstić information content (AvgIpc) is 2.88. The smallest absolute Gasteiger partial charge is 0.463 e. The quantitative estimate of drug-likeness (QED) is 0.535. The minimum Gasteiger partial charge on any atom is -0.463 e. The lowest BCUT2D eigenvalue weighted by Crippen LogP contribution is -2.42. The zero-order valence-electron chi connectivity index (χ0n) is 17.8. The van der Waals surface area contributed by atoms with Gasteiger partial charge in [-0.05, 0) is 59.9 Å². The van der Waals surface area contributed by atoms with Crippen LogP contribution < -0.4 is 15.9 Å². The Bertz CT molecular complexity index is 608. The zero-order chi connectivity index (χ0) is 20.2. The highest BCUT2D eigenvalue weighted by molar-refractivity contribution is 6.61. The van der Waals surface area contributed by atoms with Crippen LogP contribution >= 0.6 is 0 Å². The van der Waals surface area contributed by atoms with Crippen LogP contribution in [0, 0.1) is 0 Å². The first kappa shape index (κ1) is 21.5. The van der Waals surface area contributed by atoms with E-state index < -0.39 is 7.12 Å². The lowest BCUT2D eigenvalue weighted by atomic mass is 9.81. The van der Waals surface area contributed by atoms with E-state index in [1.807, 2.05) is 27.7 Å². The van der Waals surface area contributed by atoms with Crippen LogP contribution in [0.4, 0.5) is 0 Å². The molecule has 156 valence electrons. The van der Waals surface area contributed by atoms with Crippen molar-refractivity contribution in [2.45, 2.75) is 77.0 Å². The van der Waals surface area contributed by atoms with Crippen molar-refractivity contribution < 1.29 is 14.0 Å². The van der Waals surface area contributed by atoms with Crippen LogP contribution in [-0.4, -0.2) is 65.5 Å². The Hall–Kier alpha value is -1.22. The number of nitrogens with two attached hydrogens (primary N) is 1. The molecule has 2 fully saturated rings. The third-order valence-corrected chi connectivity index (χ3v) is 6.25. The summed E-state index contributed by atoms with van der Waals surface area (Å²) in [5.41, 5.74) is 5.81. The molecule has 3 rings (SSSR count). The Balaban J connectivity index is 1.44. The third kappa shape index (κ3) is 5.03. The van der Waals surface area contributed by atoms with Gasteiger partial charge in [-0.25, -0.2) is 9.97 Å². The molecule has 2 saturated heterocycles. The number of hydrogen-bond donors (Lipinski definition) is 1. The molecule has 1 atom stereocenters. The summed E-state index contributed by atoms with van der Waals surface area (Å²) in [7, 11) is -0.445. The van der Waals surface area contributed by atoms with Crippen LogP contribution in [0.5, 0.6) is 6.01 Å². The maximum absolute atomic E-state index is 6.03. The van der Waals surface area contributed by atoms with Crippen molar-refractivity contribution in [3.8, 4) is 6.01 Å². The van der Waals surface area contributed by atoms with E-state index in [0.29, 0.717) is 18.7 Å². The lowest BCUT2D eigenvalue weighted by molar-refractivity contribution is 0.00578. The average molecular weight is 390 g/mol. The molecule has 0 aliphatic carbocycles. The first-order chi connectivity index (χ1) is 13.3. The van der Waals surface area contributed by atoms with E-state index in [2.05, 4.69) is 14.9 Å². The Morgan fingerprint density at radius 3 is 2.50 bits per heavy atom. The molecule has 28 heavy (non-hydrogen) atoms. The van der Waals surface area contributed by atoms with Gasteiger partial charge in [0.15, 0.2) is 0 Å². The second-order valence-corrected chi connectivity index (χ2v) is 8.85. The highest BCUT2D eigenvalue weighted by Gasteiger charge is 2.51. The maximum Gasteiger partial charge on any atom is 0.498 e. The van der Waals surface area contributed by atoms with Crippen LogP contribution in [0.25, 0.3) is 0 Å². The third-order valence-electron chi connectivity index (χ3n) is 6.25. The molecule has 0 bridgehead atoms. The Labute approximate surface area is 169 Å². The molecule has 1 aromatic heterocycles. The van der Waals surface area contributed by atoms with Gasteiger partial charge in [0, 0.05) is 37.0 Å². The highest BCUT2D eigenvalue weighted by atomic mass is 16.7. The second-order valence-electron chi connectivity index (χ2n) is 8.85. The van der Waals surface area contributed by atoms with E-state index in [-0.39, 0.29) is 11.2 Å². The van der Waals surface area contributed by atoms with Gasteiger partial charge in [0.1, 0.15) is 0 Å². The Morgan fingerprint density at radius 2 is 1.86 bits per heavy atom. The minimum absolute atomic E-state index is 0.371.